The second-order valence-electron chi connectivity index (χ2n) is 8.96. The van der Waals surface area contributed by atoms with Crippen molar-refractivity contribution in [2.24, 2.45) is 12.5 Å². The second kappa shape index (κ2) is 7.81. The van der Waals surface area contributed by atoms with Gasteiger partial charge >= 0.3 is 5.69 Å². The number of imidazole rings is 1. The van der Waals surface area contributed by atoms with E-state index in [0.29, 0.717) is 23.6 Å². The van der Waals surface area contributed by atoms with Gasteiger partial charge < -0.3 is 4.74 Å². The van der Waals surface area contributed by atoms with Crippen molar-refractivity contribution in [3.8, 4) is 28.7 Å². The summed E-state index contributed by atoms with van der Waals surface area (Å²) in [5, 5.41) is 8.94. The predicted octanol–water partition coefficient (Wildman–Crippen LogP) is 5.72. The zero-order valence-electron chi connectivity index (χ0n) is 18.2. The highest BCUT2D eigenvalue weighted by atomic mass is 16.5. The van der Waals surface area contributed by atoms with Gasteiger partial charge in [-0.05, 0) is 65.1 Å². The van der Waals surface area contributed by atoms with Crippen LogP contribution in [0.15, 0.2) is 71.5 Å². The van der Waals surface area contributed by atoms with Crippen LogP contribution < -0.4 is 10.4 Å². The minimum atomic E-state index is -0.0000232. The van der Waals surface area contributed by atoms with Gasteiger partial charge in [-0.2, -0.15) is 5.26 Å². The molecule has 1 aromatic heterocycles. The van der Waals surface area contributed by atoms with E-state index in [1.165, 1.54) is 0 Å². The molecule has 0 atom stereocenters. The van der Waals surface area contributed by atoms with Crippen LogP contribution in [0, 0.1) is 16.7 Å². The topological polar surface area (TPSA) is 59.9 Å². The standard InChI is InChI=1S/C26H25N3O2/c1-26(2,3)17-29-23-13-10-20(15-24(23)28(4)25(29)30)19-6-5-7-22(14-19)31-21-11-8-18(16-27)9-12-21/h5-15H,17H2,1-4H3. The third-order valence-electron chi connectivity index (χ3n) is 5.16. The molecule has 0 aliphatic carbocycles. The van der Waals surface area contributed by atoms with Crippen LogP contribution in [0.25, 0.3) is 22.2 Å². The van der Waals surface area contributed by atoms with Crippen molar-refractivity contribution < 1.29 is 4.74 Å². The fraction of sp³-hybridized carbons (Fsp3) is 0.231. The highest BCUT2D eigenvalue weighted by Gasteiger charge is 2.18. The molecule has 0 bridgehead atoms. The first-order valence-corrected chi connectivity index (χ1v) is 10.2. The molecule has 0 saturated carbocycles. The molecule has 0 saturated heterocycles. The average Bonchev–Trinajstić information content (AvgIpc) is 2.98. The van der Waals surface area contributed by atoms with Crippen LogP contribution in [0.2, 0.25) is 0 Å². The van der Waals surface area contributed by atoms with E-state index in [0.717, 1.165) is 22.2 Å². The minimum absolute atomic E-state index is 0.0000232. The fourth-order valence-electron chi connectivity index (χ4n) is 3.69. The zero-order valence-corrected chi connectivity index (χ0v) is 18.2. The molecule has 0 aliphatic rings. The van der Waals surface area contributed by atoms with E-state index in [4.69, 9.17) is 10.00 Å². The maximum absolute atomic E-state index is 12.8. The van der Waals surface area contributed by atoms with E-state index in [9.17, 15) is 4.79 Å². The Balaban J connectivity index is 1.69. The first-order valence-electron chi connectivity index (χ1n) is 10.2. The zero-order chi connectivity index (χ0) is 22.2. The first kappa shape index (κ1) is 20.5. The van der Waals surface area contributed by atoms with Crippen molar-refractivity contribution in [3.05, 3.63) is 82.8 Å². The third-order valence-corrected chi connectivity index (χ3v) is 5.16. The lowest BCUT2D eigenvalue weighted by Gasteiger charge is -2.18. The summed E-state index contributed by atoms with van der Waals surface area (Å²) in [6.07, 6.45) is 0. The number of hydrogen-bond donors (Lipinski definition) is 0. The highest BCUT2D eigenvalue weighted by molar-refractivity contribution is 5.83. The van der Waals surface area contributed by atoms with Crippen LogP contribution >= 0.6 is 0 Å². The maximum Gasteiger partial charge on any atom is 0.328 e. The summed E-state index contributed by atoms with van der Waals surface area (Å²) in [7, 11) is 1.82. The highest BCUT2D eigenvalue weighted by Crippen LogP contribution is 2.30. The van der Waals surface area contributed by atoms with E-state index in [1.54, 1.807) is 28.8 Å². The number of nitriles is 1. The number of aryl methyl sites for hydroxylation is 1. The Morgan fingerprint density at radius 3 is 2.29 bits per heavy atom. The van der Waals surface area contributed by atoms with Gasteiger partial charge in [0, 0.05) is 13.6 Å². The average molecular weight is 412 g/mol. The summed E-state index contributed by atoms with van der Waals surface area (Å²) in [6.45, 7) is 7.06. The SMILES string of the molecule is Cn1c(=O)n(CC(C)(C)C)c2ccc(-c3cccc(Oc4ccc(C#N)cc4)c3)cc21. The van der Waals surface area contributed by atoms with E-state index in [1.807, 2.05) is 48.0 Å². The molecule has 31 heavy (non-hydrogen) atoms. The second-order valence-corrected chi connectivity index (χ2v) is 8.96. The van der Waals surface area contributed by atoms with Crippen molar-refractivity contribution in [3.63, 3.8) is 0 Å². The summed E-state index contributed by atoms with van der Waals surface area (Å²) < 4.78 is 9.52. The van der Waals surface area contributed by atoms with Crippen LogP contribution in [0.4, 0.5) is 0 Å². The van der Waals surface area contributed by atoms with Gasteiger partial charge in [0.15, 0.2) is 0 Å². The van der Waals surface area contributed by atoms with E-state index >= 15 is 0 Å². The molecular weight excluding hydrogens is 386 g/mol. The van der Waals surface area contributed by atoms with Crippen LogP contribution in [-0.2, 0) is 13.6 Å². The molecule has 5 nitrogen and oxygen atoms in total. The number of ether oxygens (including phenoxy) is 1. The summed E-state index contributed by atoms with van der Waals surface area (Å²) in [5.41, 5.74) is 4.47. The smallest absolute Gasteiger partial charge is 0.328 e. The lowest BCUT2D eigenvalue weighted by atomic mass is 9.97. The van der Waals surface area contributed by atoms with Crippen molar-refractivity contribution in [1.82, 2.24) is 9.13 Å². The molecule has 4 rings (SSSR count). The summed E-state index contributed by atoms with van der Waals surface area (Å²) >= 11 is 0. The number of aromatic nitrogens is 2. The number of fused-ring (bicyclic) bond motifs is 1. The van der Waals surface area contributed by atoms with Gasteiger partial charge in [0.25, 0.3) is 0 Å². The van der Waals surface area contributed by atoms with Crippen molar-refractivity contribution in [1.29, 1.82) is 5.26 Å². The minimum Gasteiger partial charge on any atom is -0.457 e. The van der Waals surface area contributed by atoms with Crippen LogP contribution in [0.3, 0.4) is 0 Å². The number of rotatable bonds is 4. The fourth-order valence-corrected chi connectivity index (χ4v) is 3.69. The predicted molar refractivity (Wildman–Crippen MR) is 123 cm³/mol. The van der Waals surface area contributed by atoms with Gasteiger partial charge in [-0.15, -0.1) is 0 Å². The molecule has 0 aliphatic heterocycles. The molecule has 156 valence electrons. The van der Waals surface area contributed by atoms with Gasteiger partial charge in [0.1, 0.15) is 11.5 Å². The van der Waals surface area contributed by atoms with Crippen molar-refractivity contribution in [2.75, 3.05) is 0 Å². The molecule has 5 heteroatoms. The summed E-state index contributed by atoms with van der Waals surface area (Å²) in [5.74, 6) is 1.38. The van der Waals surface area contributed by atoms with Gasteiger partial charge in [-0.25, -0.2) is 4.79 Å². The third kappa shape index (κ3) is 4.24. The van der Waals surface area contributed by atoms with Crippen molar-refractivity contribution >= 4 is 11.0 Å². The molecule has 0 N–H and O–H groups in total. The van der Waals surface area contributed by atoms with Gasteiger partial charge in [-0.1, -0.05) is 39.0 Å². The molecule has 0 amide bonds. The normalized spacial score (nSPS) is 11.5. The molecule has 0 spiro atoms. The van der Waals surface area contributed by atoms with Gasteiger partial charge in [0.2, 0.25) is 0 Å². The Kier molecular flexibility index (Phi) is 5.16. The maximum atomic E-state index is 12.8. The van der Waals surface area contributed by atoms with Gasteiger partial charge in [-0.3, -0.25) is 9.13 Å². The quantitative estimate of drug-likeness (QED) is 0.432. The molecule has 0 unspecified atom stereocenters. The number of nitrogens with zero attached hydrogens (tertiary/aromatic N) is 3. The largest absolute Gasteiger partial charge is 0.457 e. The van der Waals surface area contributed by atoms with Crippen LogP contribution in [-0.4, -0.2) is 9.13 Å². The lowest BCUT2D eigenvalue weighted by Crippen LogP contribution is -2.27. The monoisotopic (exact) mass is 411 g/mol. The summed E-state index contributed by atoms with van der Waals surface area (Å²) in [6, 6.07) is 23.1. The Morgan fingerprint density at radius 1 is 0.903 bits per heavy atom. The number of hydrogen-bond acceptors (Lipinski definition) is 3. The Morgan fingerprint density at radius 2 is 1.61 bits per heavy atom. The summed E-state index contributed by atoms with van der Waals surface area (Å²) in [4.78, 5) is 12.8. The first-order chi connectivity index (χ1) is 14.7. The Labute approximate surface area is 181 Å². The molecule has 3 aromatic carbocycles. The molecule has 4 aromatic rings. The molecule has 1 heterocycles. The Hall–Kier alpha value is -3.78. The Bertz CT molecular complexity index is 1350. The van der Waals surface area contributed by atoms with Crippen LogP contribution in [0.1, 0.15) is 26.3 Å². The molecular formula is C26H25N3O2. The number of benzene rings is 3. The lowest BCUT2D eigenvalue weighted by molar-refractivity contribution is 0.342. The molecule has 0 fully saturated rings. The van der Waals surface area contributed by atoms with E-state index in [2.05, 4.69) is 32.9 Å². The molecule has 0 radical (unpaired) electrons. The van der Waals surface area contributed by atoms with Gasteiger partial charge in [0.05, 0.1) is 22.7 Å². The van der Waals surface area contributed by atoms with E-state index in [-0.39, 0.29) is 11.1 Å². The van der Waals surface area contributed by atoms with E-state index < -0.39 is 0 Å². The van der Waals surface area contributed by atoms with Crippen LogP contribution in [0.5, 0.6) is 11.5 Å². The van der Waals surface area contributed by atoms with Crippen molar-refractivity contribution in [2.45, 2.75) is 27.3 Å².